The van der Waals surface area contributed by atoms with E-state index in [2.05, 4.69) is 19.9 Å². The van der Waals surface area contributed by atoms with Crippen LogP contribution in [0.25, 0.3) is 22.2 Å². The fraction of sp³-hybridized carbons (Fsp3) is 0.267. The Morgan fingerprint density at radius 2 is 1.71 bits per heavy atom. The van der Waals surface area contributed by atoms with Crippen LogP contribution in [0.15, 0.2) is 60.7 Å². The van der Waals surface area contributed by atoms with Crippen molar-refractivity contribution in [1.82, 2.24) is 4.98 Å². The first kappa shape index (κ1) is 23.5. The molecular formula is C30H31NO3. The van der Waals surface area contributed by atoms with Gasteiger partial charge in [0.1, 0.15) is 11.5 Å². The molecule has 0 amide bonds. The molecule has 1 atom stereocenters. The van der Waals surface area contributed by atoms with Gasteiger partial charge in [0.05, 0.1) is 23.9 Å². The van der Waals surface area contributed by atoms with Gasteiger partial charge in [-0.25, -0.2) is 9.78 Å². The first-order valence-corrected chi connectivity index (χ1v) is 11.7. The normalized spacial score (nSPS) is 11.9. The first-order chi connectivity index (χ1) is 16.3. The van der Waals surface area contributed by atoms with Crippen molar-refractivity contribution in [1.29, 1.82) is 0 Å². The molecule has 0 bridgehead atoms. The van der Waals surface area contributed by atoms with Crippen LogP contribution in [-0.2, 0) is 0 Å². The molecule has 4 aromatic rings. The molecule has 1 unspecified atom stereocenters. The van der Waals surface area contributed by atoms with E-state index in [9.17, 15) is 4.79 Å². The van der Waals surface area contributed by atoms with Gasteiger partial charge in [0.15, 0.2) is 0 Å². The van der Waals surface area contributed by atoms with E-state index in [1.165, 1.54) is 0 Å². The Balaban J connectivity index is 1.90. The number of nitrogens with zero attached hydrogens (tertiary/aromatic N) is 1. The molecule has 4 heteroatoms. The average Bonchev–Trinajstić information content (AvgIpc) is 2.83. The van der Waals surface area contributed by atoms with E-state index in [0.29, 0.717) is 17.2 Å². The Labute approximate surface area is 201 Å². The third kappa shape index (κ3) is 4.41. The highest BCUT2D eigenvalue weighted by Crippen LogP contribution is 2.34. The predicted molar refractivity (Wildman–Crippen MR) is 138 cm³/mol. The SMILES string of the molecule is CCC(C)c1ccccc1OC(=O)c1c(C)c(-c2ccc(OC)cc2)nc2c(C)cc(C)cc12. The number of esters is 1. The zero-order valence-electron chi connectivity index (χ0n) is 20.7. The number of benzene rings is 3. The monoisotopic (exact) mass is 453 g/mol. The zero-order valence-corrected chi connectivity index (χ0v) is 20.7. The second kappa shape index (κ2) is 9.68. The number of carbonyl (C=O) groups excluding carboxylic acids is 1. The molecule has 1 heterocycles. The minimum atomic E-state index is -0.361. The zero-order chi connectivity index (χ0) is 24.4. The van der Waals surface area contributed by atoms with Gasteiger partial charge < -0.3 is 9.47 Å². The lowest BCUT2D eigenvalue weighted by atomic mass is 9.95. The molecule has 0 saturated heterocycles. The summed E-state index contributed by atoms with van der Waals surface area (Å²) in [5.41, 5.74) is 7.01. The maximum Gasteiger partial charge on any atom is 0.344 e. The average molecular weight is 454 g/mol. The van der Waals surface area contributed by atoms with E-state index < -0.39 is 0 Å². The Bertz CT molecular complexity index is 1360. The summed E-state index contributed by atoms with van der Waals surface area (Å²) in [6.45, 7) is 10.3. The van der Waals surface area contributed by atoms with Gasteiger partial charge in [-0.1, -0.05) is 43.7 Å². The number of hydrogen-bond donors (Lipinski definition) is 0. The predicted octanol–water partition coefficient (Wildman–Crippen LogP) is 7.57. The van der Waals surface area contributed by atoms with Gasteiger partial charge in [-0.2, -0.15) is 0 Å². The van der Waals surface area contributed by atoms with Crippen molar-refractivity contribution in [2.45, 2.75) is 47.0 Å². The van der Waals surface area contributed by atoms with Gasteiger partial charge in [0.25, 0.3) is 0 Å². The number of pyridine rings is 1. The maximum atomic E-state index is 13.7. The minimum absolute atomic E-state index is 0.290. The Morgan fingerprint density at radius 3 is 2.38 bits per heavy atom. The standard InChI is InChI=1S/C30H31NO3/c1-7-19(3)24-10-8-9-11-26(24)34-30(32)27-21(5)29(22-12-14-23(33-6)15-13-22)31-28-20(4)16-18(2)17-25(27)28/h8-17,19H,7H2,1-6H3. The summed E-state index contributed by atoms with van der Waals surface area (Å²) in [4.78, 5) is 18.8. The highest BCUT2D eigenvalue weighted by molar-refractivity contribution is 6.08. The number of methoxy groups -OCH3 is 1. The summed E-state index contributed by atoms with van der Waals surface area (Å²) in [6, 6.07) is 19.7. The molecule has 0 fully saturated rings. The number of hydrogen-bond acceptors (Lipinski definition) is 4. The van der Waals surface area contributed by atoms with E-state index in [-0.39, 0.29) is 5.97 Å². The van der Waals surface area contributed by atoms with Crippen LogP contribution < -0.4 is 9.47 Å². The van der Waals surface area contributed by atoms with Crippen molar-refractivity contribution < 1.29 is 14.3 Å². The van der Waals surface area contributed by atoms with Crippen molar-refractivity contribution in [2.24, 2.45) is 0 Å². The fourth-order valence-corrected chi connectivity index (χ4v) is 4.46. The number of carbonyl (C=O) groups is 1. The highest BCUT2D eigenvalue weighted by atomic mass is 16.5. The van der Waals surface area contributed by atoms with Crippen LogP contribution in [0.1, 0.15) is 58.8 Å². The number of ether oxygens (including phenoxy) is 2. The van der Waals surface area contributed by atoms with Crippen molar-refractivity contribution in [2.75, 3.05) is 7.11 Å². The molecule has 174 valence electrons. The molecule has 4 rings (SSSR count). The lowest BCUT2D eigenvalue weighted by Gasteiger charge is -2.18. The number of para-hydroxylation sites is 1. The van der Waals surface area contributed by atoms with Crippen molar-refractivity contribution >= 4 is 16.9 Å². The molecule has 0 spiro atoms. The summed E-state index contributed by atoms with van der Waals surface area (Å²) in [5.74, 6) is 1.32. The number of rotatable bonds is 6. The van der Waals surface area contributed by atoms with E-state index in [0.717, 1.165) is 56.6 Å². The largest absolute Gasteiger partial charge is 0.497 e. The molecule has 4 nitrogen and oxygen atoms in total. The lowest BCUT2D eigenvalue weighted by molar-refractivity contribution is 0.0734. The molecule has 3 aromatic carbocycles. The van der Waals surface area contributed by atoms with Crippen LogP contribution in [0, 0.1) is 20.8 Å². The van der Waals surface area contributed by atoms with Crippen LogP contribution in [0.4, 0.5) is 0 Å². The van der Waals surface area contributed by atoms with Crippen molar-refractivity contribution in [3.8, 4) is 22.8 Å². The highest BCUT2D eigenvalue weighted by Gasteiger charge is 2.23. The van der Waals surface area contributed by atoms with Gasteiger partial charge in [0.2, 0.25) is 0 Å². The molecular weight excluding hydrogens is 422 g/mol. The number of fused-ring (bicyclic) bond motifs is 1. The van der Waals surface area contributed by atoms with Crippen molar-refractivity contribution in [3.05, 3.63) is 88.5 Å². The number of aryl methyl sites for hydroxylation is 2. The van der Waals surface area contributed by atoms with E-state index >= 15 is 0 Å². The Kier molecular flexibility index (Phi) is 6.69. The number of aromatic nitrogens is 1. The van der Waals surface area contributed by atoms with Gasteiger partial charge in [-0.05, 0) is 86.2 Å². The molecule has 0 saturated carbocycles. The van der Waals surface area contributed by atoms with Gasteiger partial charge in [0, 0.05) is 10.9 Å². The van der Waals surface area contributed by atoms with Gasteiger partial charge >= 0.3 is 5.97 Å². The Hall–Kier alpha value is -3.66. The molecule has 0 N–H and O–H groups in total. The summed E-state index contributed by atoms with van der Waals surface area (Å²) in [7, 11) is 1.64. The second-order valence-electron chi connectivity index (χ2n) is 8.90. The maximum absolute atomic E-state index is 13.7. The quantitative estimate of drug-likeness (QED) is 0.223. The summed E-state index contributed by atoms with van der Waals surface area (Å²) in [5, 5.41) is 0.818. The smallest absolute Gasteiger partial charge is 0.344 e. The first-order valence-electron chi connectivity index (χ1n) is 11.7. The molecule has 34 heavy (non-hydrogen) atoms. The molecule has 1 aromatic heterocycles. The van der Waals surface area contributed by atoms with Crippen LogP contribution in [0.2, 0.25) is 0 Å². The van der Waals surface area contributed by atoms with Gasteiger partial charge in [-0.15, -0.1) is 0 Å². The van der Waals surface area contributed by atoms with E-state index in [1.54, 1.807) is 7.11 Å². The van der Waals surface area contributed by atoms with Crippen LogP contribution >= 0.6 is 0 Å². The summed E-state index contributed by atoms with van der Waals surface area (Å²) in [6.07, 6.45) is 0.964. The summed E-state index contributed by atoms with van der Waals surface area (Å²) >= 11 is 0. The Morgan fingerprint density at radius 1 is 1.00 bits per heavy atom. The molecule has 0 radical (unpaired) electrons. The molecule has 0 aliphatic rings. The van der Waals surface area contributed by atoms with E-state index in [4.69, 9.17) is 14.5 Å². The third-order valence-corrected chi connectivity index (χ3v) is 6.50. The van der Waals surface area contributed by atoms with Gasteiger partial charge in [-0.3, -0.25) is 0 Å². The van der Waals surface area contributed by atoms with Crippen molar-refractivity contribution in [3.63, 3.8) is 0 Å². The second-order valence-corrected chi connectivity index (χ2v) is 8.90. The third-order valence-electron chi connectivity index (χ3n) is 6.50. The lowest BCUT2D eigenvalue weighted by Crippen LogP contribution is -2.14. The molecule has 0 aliphatic heterocycles. The van der Waals surface area contributed by atoms with Crippen LogP contribution in [-0.4, -0.2) is 18.1 Å². The van der Waals surface area contributed by atoms with Crippen LogP contribution in [0.3, 0.4) is 0 Å². The van der Waals surface area contributed by atoms with Crippen LogP contribution in [0.5, 0.6) is 11.5 Å². The molecule has 0 aliphatic carbocycles. The van der Waals surface area contributed by atoms with E-state index in [1.807, 2.05) is 75.4 Å². The fourth-order valence-electron chi connectivity index (χ4n) is 4.46. The minimum Gasteiger partial charge on any atom is -0.497 e. The summed E-state index contributed by atoms with van der Waals surface area (Å²) < 4.78 is 11.4. The topological polar surface area (TPSA) is 48.4 Å².